The lowest BCUT2D eigenvalue weighted by Gasteiger charge is -2.22. The molecule has 16 heteroatoms. The summed E-state index contributed by atoms with van der Waals surface area (Å²) in [6.07, 6.45) is -2.82. The van der Waals surface area contributed by atoms with E-state index in [0.717, 1.165) is 38.5 Å². The second kappa shape index (κ2) is 16.1. The number of fused-ring (bicyclic) bond motifs is 1. The maximum Gasteiger partial charge on any atom is 0.347 e. The zero-order valence-corrected chi connectivity index (χ0v) is 28.5. The van der Waals surface area contributed by atoms with Crippen LogP contribution in [-0.4, -0.2) is 86.1 Å². The van der Waals surface area contributed by atoms with E-state index in [9.17, 15) is 54.9 Å². The average Bonchev–Trinajstić information content (AvgIpc) is 3.56. The number of methoxy groups -OCH3 is 2. The second-order valence-electron chi connectivity index (χ2n) is 12.0. The Morgan fingerprint density at radius 1 is 0.648 bits per heavy atom. The van der Waals surface area contributed by atoms with E-state index in [-0.39, 0.29) is 40.8 Å². The number of phenolic OH excluding ortho intramolecular Hbond substituents is 7. The van der Waals surface area contributed by atoms with Gasteiger partial charge in [-0.1, -0.05) is 24.3 Å². The van der Waals surface area contributed by atoms with Gasteiger partial charge in [0, 0.05) is 24.5 Å². The average molecular weight is 747 g/mol. The molecule has 0 saturated heterocycles. The molecule has 4 aromatic carbocycles. The summed E-state index contributed by atoms with van der Waals surface area (Å²) in [4.78, 5) is 52.5. The van der Waals surface area contributed by atoms with Gasteiger partial charge < -0.3 is 59.4 Å². The molecule has 1 aliphatic rings. The van der Waals surface area contributed by atoms with Crippen LogP contribution < -0.4 is 4.74 Å². The molecule has 7 N–H and O–H groups in total. The van der Waals surface area contributed by atoms with E-state index in [0.29, 0.717) is 5.56 Å². The van der Waals surface area contributed by atoms with Crippen LogP contribution in [0.25, 0.3) is 6.08 Å². The van der Waals surface area contributed by atoms with Crippen LogP contribution in [0, 0.1) is 0 Å². The monoisotopic (exact) mass is 746 g/mol. The van der Waals surface area contributed by atoms with Crippen LogP contribution in [0.15, 0.2) is 72.8 Å². The van der Waals surface area contributed by atoms with E-state index in [1.165, 1.54) is 54.6 Å². The Kier molecular flexibility index (Phi) is 11.3. The molecule has 0 spiro atoms. The maximum absolute atomic E-state index is 14.2. The van der Waals surface area contributed by atoms with E-state index in [2.05, 4.69) is 0 Å². The summed E-state index contributed by atoms with van der Waals surface area (Å²) < 4.78 is 26.7. The molecule has 16 nitrogen and oxygen atoms in total. The summed E-state index contributed by atoms with van der Waals surface area (Å²) in [6.45, 7) is 0. The Balaban J connectivity index is 1.49. The van der Waals surface area contributed by atoms with Crippen LogP contribution in [0.4, 0.5) is 0 Å². The van der Waals surface area contributed by atoms with Crippen LogP contribution in [0.1, 0.15) is 39.8 Å². The fourth-order valence-corrected chi connectivity index (χ4v) is 5.74. The highest BCUT2D eigenvalue weighted by Gasteiger charge is 2.46. The highest BCUT2D eigenvalue weighted by molar-refractivity contribution is 5.92. The van der Waals surface area contributed by atoms with Gasteiger partial charge in [0.1, 0.15) is 12.0 Å². The summed E-state index contributed by atoms with van der Waals surface area (Å²) in [6, 6.07) is 13.6. The van der Waals surface area contributed by atoms with E-state index in [1.807, 2.05) is 0 Å². The number of ether oxygens (including phenoxy) is 5. The van der Waals surface area contributed by atoms with Gasteiger partial charge in [-0.15, -0.1) is 0 Å². The molecule has 0 fully saturated rings. The number of hydrogen-bond acceptors (Lipinski definition) is 16. The normalized spacial score (nSPS) is 15.7. The third-order valence-electron chi connectivity index (χ3n) is 8.42. The van der Waals surface area contributed by atoms with Crippen molar-refractivity contribution in [2.24, 2.45) is 0 Å². The van der Waals surface area contributed by atoms with Gasteiger partial charge in [0.15, 0.2) is 46.0 Å². The summed E-state index contributed by atoms with van der Waals surface area (Å²) in [5, 5.41) is 70.2. The van der Waals surface area contributed by atoms with Crippen molar-refractivity contribution in [2.75, 3.05) is 14.2 Å². The molecule has 1 heterocycles. The largest absolute Gasteiger partial charge is 0.504 e. The van der Waals surface area contributed by atoms with Crippen molar-refractivity contribution >= 4 is 30.0 Å². The molecule has 4 aromatic rings. The number of hydrogen-bond donors (Lipinski definition) is 7. The van der Waals surface area contributed by atoms with Gasteiger partial charge >= 0.3 is 23.9 Å². The second-order valence-corrected chi connectivity index (χ2v) is 12.0. The van der Waals surface area contributed by atoms with Crippen LogP contribution in [0.2, 0.25) is 0 Å². The first-order valence-electron chi connectivity index (χ1n) is 16.0. The quantitative estimate of drug-likeness (QED) is 0.0474. The molecule has 0 unspecified atom stereocenters. The van der Waals surface area contributed by atoms with Gasteiger partial charge in [0.05, 0.1) is 14.2 Å². The lowest BCUT2D eigenvalue weighted by molar-refractivity contribution is -0.167. The number of esters is 4. The van der Waals surface area contributed by atoms with Crippen molar-refractivity contribution < 1.29 is 78.6 Å². The minimum atomic E-state index is -1.60. The number of phenols is 7. The number of aromatic hydroxyl groups is 7. The van der Waals surface area contributed by atoms with Gasteiger partial charge in [0.2, 0.25) is 12.2 Å². The summed E-state index contributed by atoms with van der Waals surface area (Å²) in [5.74, 6) is -9.00. The van der Waals surface area contributed by atoms with E-state index >= 15 is 0 Å². The predicted octanol–water partition coefficient (Wildman–Crippen LogP) is 3.51. The molecule has 1 aliphatic heterocycles. The molecule has 4 atom stereocenters. The Morgan fingerprint density at radius 2 is 1.15 bits per heavy atom. The molecule has 54 heavy (non-hydrogen) atoms. The Hall–Kier alpha value is -7.10. The van der Waals surface area contributed by atoms with Crippen LogP contribution in [-0.2, 0) is 51.0 Å². The number of carbonyl (C=O) groups excluding carboxylic acids is 4. The Labute approximate surface area is 306 Å². The van der Waals surface area contributed by atoms with Gasteiger partial charge in [-0.3, -0.25) is 4.79 Å². The summed E-state index contributed by atoms with van der Waals surface area (Å²) in [5.41, 5.74) is 0.839. The first-order chi connectivity index (χ1) is 25.7. The molecular formula is C38H34O16. The minimum absolute atomic E-state index is 0.0170. The minimum Gasteiger partial charge on any atom is -0.504 e. The summed E-state index contributed by atoms with van der Waals surface area (Å²) >= 11 is 0. The molecule has 0 saturated carbocycles. The first kappa shape index (κ1) is 38.1. The highest BCUT2D eigenvalue weighted by atomic mass is 16.6. The van der Waals surface area contributed by atoms with E-state index < -0.39 is 88.4 Å². The molecule has 0 bridgehead atoms. The number of rotatable bonds is 12. The number of carbonyl (C=O) groups is 4. The van der Waals surface area contributed by atoms with Gasteiger partial charge in [-0.25, -0.2) is 14.4 Å². The van der Waals surface area contributed by atoms with Gasteiger partial charge in [-0.2, -0.15) is 0 Å². The van der Waals surface area contributed by atoms with Gasteiger partial charge in [0.25, 0.3) is 0 Å². The van der Waals surface area contributed by atoms with Crippen LogP contribution in [0.3, 0.4) is 0 Å². The zero-order chi connectivity index (χ0) is 39.3. The SMILES string of the molecule is COC(=O)[C@@H](Cc1ccc(O)c(O)c1)OC(=O)/C=C/c1ccc(O)c2c1[C@@H](C(=O)O[C@H](Cc1ccc(O)c(O)c1)C(=O)OC)[C@H](c1ccc(O)c(O)c1)O2. The van der Waals surface area contributed by atoms with Crippen molar-refractivity contribution in [3.8, 4) is 46.0 Å². The Morgan fingerprint density at radius 3 is 1.67 bits per heavy atom. The number of benzene rings is 4. The maximum atomic E-state index is 14.2. The van der Waals surface area contributed by atoms with Crippen LogP contribution in [0.5, 0.6) is 46.0 Å². The topological polar surface area (TPSA) is 256 Å². The fourth-order valence-electron chi connectivity index (χ4n) is 5.74. The van der Waals surface area contributed by atoms with E-state index in [4.69, 9.17) is 23.7 Å². The van der Waals surface area contributed by atoms with Crippen molar-refractivity contribution in [1.82, 2.24) is 0 Å². The lowest BCUT2D eigenvalue weighted by atomic mass is 9.87. The van der Waals surface area contributed by atoms with Crippen molar-refractivity contribution in [1.29, 1.82) is 0 Å². The smallest absolute Gasteiger partial charge is 0.347 e. The molecule has 0 aliphatic carbocycles. The predicted molar refractivity (Wildman–Crippen MR) is 184 cm³/mol. The molecule has 0 amide bonds. The van der Waals surface area contributed by atoms with Crippen molar-refractivity contribution in [3.05, 3.63) is 101 Å². The standard InChI is InChI=1S/C38H34O16/c1-50-36(47)29(15-18-3-8-22(39)26(43)13-18)52-31(46)12-7-20-5-11-25(42)35-32(20)33(34(54-35)21-6-10-24(41)28(45)17-21)38(49)53-30(37(48)51-2)16-19-4-9-23(40)27(44)14-19/h3-14,17,29-30,33-34,39-45H,15-16H2,1-2H3/b12-7+/t29-,30-,33-,34+/m1/s1. The third kappa shape index (κ3) is 8.33. The third-order valence-corrected chi connectivity index (χ3v) is 8.42. The molecule has 0 aromatic heterocycles. The van der Waals surface area contributed by atoms with Crippen LogP contribution >= 0.6 is 0 Å². The Bertz CT molecular complexity index is 2120. The van der Waals surface area contributed by atoms with E-state index in [1.54, 1.807) is 0 Å². The molecular weight excluding hydrogens is 712 g/mol. The van der Waals surface area contributed by atoms with Crippen molar-refractivity contribution in [3.63, 3.8) is 0 Å². The van der Waals surface area contributed by atoms with Gasteiger partial charge in [-0.05, 0) is 70.8 Å². The van der Waals surface area contributed by atoms with Crippen molar-refractivity contribution in [2.45, 2.75) is 37.1 Å². The molecule has 0 radical (unpaired) electrons. The molecule has 282 valence electrons. The highest BCUT2D eigenvalue weighted by Crippen LogP contribution is 2.53. The summed E-state index contributed by atoms with van der Waals surface area (Å²) in [7, 11) is 2.14. The zero-order valence-electron chi connectivity index (χ0n) is 28.5. The first-order valence-corrected chi connectivity index (χ1v) is 16.0. The fraction of sp³-hybridized carbons (Fsp3) is 0.211. The lowest BCUT2D eigenvalue weighted by Crippen LogP contribution is -2.33. The molecule has 5 rings (SSSR count).